The third-order valence-corrected chi connectivity index (χ3v) is 5.67. The van der Waals surface area contributed by atoms with E-state index in [1.165, 1.54) is 5.56 Å². The molecule has 2 aliphatic rings. The van der Waals surface area contributed by atoms with Crippen LogP contribution in [0.4, 0.5) is 0 Å². The van der Waals surface area contributed by atoms with Gasteiger partial charge in [0.2, 0.25) is 11.8 Å². The number of benzene rings is 1. The van der Waals surface area contributed by atoms with Crippen LogP contribution in [0.15, 0.2) is 24.3 Å². The lowest BCUT2D eigenvalue weighted by atomic mass is 9.95. The third-order valence-electron chi connectivity index (χ3n) is 5.67. The molecule has 0 aliphatic carbocycles. The van der Waals surface area contributed by atoms with Crippen molar-refractivity contribution >= 4 is 11.8 Å². The summed E-state index contributed by atoms with van der Waals surface area (Å²) in [6.07, 6.45) is 1.59. The summed E-state index contributed by atoms with van der Waals surface area (Å²) in [6.45, 7) is 22.8. The minimum atomic E-state index is 0.0806. The molecule has 194 valence electrons. The summed E-state index contributed by atoms with van der Waals surface area (Å²) in [5.74, 6) is 1.37. The number of likely N-dealkylation sites (tertiary alicyclic amines) is 1. The van der Waals surface area contributed by atoms with Crippen molar-refractivity contribution in [2.45, 2.75) is 68.2 Å². The normalized spacial score (nSPS) is 17.2. The van der Waals surface area contributed by atoms with Crippen LogP contribution in [0.3, 0.4) is 0 Å². The second kappa shape index (κ2) is 15.0. The zero-order valence-corrected chi connectivity index (χ0v) is 23.0. The minimum absolute atomic E-state index is 0.0806. The first-order chi connectivity index (χ1) is 16.0. The molecule has 1 aromatic carbocycles. The molecule has 0 spiro atoms. The molecule has 6 heteroatoms. The topological polar surface area (TPSA) is 53.1 Å². The van der Waals surface area contributed by atoms with Crippen molar-refractivity contribution in [3.63, 3.8) is 0 Å². The first kappa shape index (κ1) is 30.0. The fourth-order valence-electron chi connectivity index (χ4n) is 3.82. The number of hydrogen-bond donors (Lipinski definition) is 0. The molecule has 0 bridgehead atoms. The SMILES string of the molecule is CC.CC(=O)N1CCC(C(=O)N2CCN(CCOc3ccc(C)cc3)CC2)CC1.CC(C)(C)C. The number of piperazine rings is 1. The number of rotatable bonds is 5. The Balaban J connectivity index is 0.000000733. The molecule has 2 heterocycles. The lowest BCUT2D eigenvalue weighted by Crippen LogP contribution is -2.52. The molecule has 0 aromatic heterocycles. The van der Waals surface area contributed by atoms with Gasteiger partial charge in [-0.15, -0.1) is 0 Å². The highest BCUT2D eigenvalue weighted by atomic mass is 16.5. The maximum atomic E-state index is 12.7. The van der Waals surface area contributed by atoms with Gasteiger partial charge in [-0.1, -0.05) is 59.2 Å². The largest absolute Gasteiger partial charge is 0.492 e. The highest BCUT2D eigenvalue weighted by Gasteiger charge is 2.30. The Morgan fingerprint density at radius 1 is 0.882 bits per heavy atom. The molecule has 0 N–H and O–H groups in total. The van der Waals surface area contributed by atoms with Crippen LogP contribution in [0, 0.1) is 18.3 Å². The zero-order valence-electron chi connectivity index (χ0n) is 23.0. The van der Waals surface area contributed by atoms with E-state index in [-0.39, 0.29) is 17.7 Å². The van der Waals surface area contributed by atoms with Crippen molar-refractivity contribution in [2.24, 2.45) is 11.3 Å². The number of hydrogen-bond acceptors (Lipinski definition) is 4. The van der Waals surface area contributed by atoms with Crippen molar-refractivity contribution in [3.8, 4) is 5.75 Å². The van der Waals surface area contributed by atoms with Crippen LogP contribution >= 0.6 is 0 Å². The number of ether oxygens (including phenoxy) is 1. The number of amides is 2. The first-order valence-corrected chi connectivity index (χ1v) is 13.0. The summed E-state index contributed by atoms with van der Waals surface area (Å²) in [6, 6.07) is 8.12. The smallest absolute Gasteiger partial charge is 0.225 e. The monoisotopic (exact) mass is 475 g/mol. The highest BCUT2D eigenvalue weighted by Crippen LogP contribution is 2.20. The Morgan fingerprint density at radius 2 is 1.38 bits per heavy atom. The van der Waals surface area contributed by atoms with Gasteiger partial charge in [0.05, 0.1) is 0 Å². The molecule has 3 rings (SSSR count). The second-order valence-electron chi connectivity index (χ2n) is 10.6. The van der Waals surface area contributed by atoms with E-state index in [1.54, 1.807) is 6.92 Å². The summed E-state index contributed by atoms with van der Waals surface area (Å²) in [5, 5.41) is 0. The van der Waals surface area contributed by atoms with Crippen LogP contribution in [-0.4, -0.2) is 78.9 Å². The Kier molecular flexibility index (Phi) is 13.2. The average Bonchev–Trinajstić information content (AvgIpc) is 2.81. The van der Waals surface area contributed by atoms with Gasteiger partial charge in [0.15, 0.2) is 0 Å². The number of piperidine rings is 1. The quantitative estimate of drug-likeness (QED) is 0.611. The standard InChI is InChI=1S/C21H31N3O3.C5H12.C2H6/c1-17-3-5-20(6-4-17)27-16-15-22-11-13-24(14-12-22)21(26)19-7-9-23(10-8-19)18(2)25;1-5(2,3)4;1-2/h3-6,19H,7-16H2,1-2H3;1-4H3;1-2H3. The molecule has 34 heavy (non-hydrogen) atoms. The molecule has 2 aliphatic heterocycles. The van der Waals surface area contributed by atoms with Gasteiger partial charge in [0, 0.05) is 58.7 Å². The van der Waals surface area contributed by atoms with Crippen LogP contribution in [-0.2, 0) is 9.59 Å². The van der Waals surface area contributed by atoms with Gasteiger partial charge >= 0.3 is 0 Å². The van der Waals surface area contributed by atoms with Crippen molar-refractivity contribution in [1.82, 2.24) is 14.7 Å². The Morgan fingerprint density at radius 3 is 1.85 bits per heavy atom. The molecule has 1 aromatic rings. The van der Waals surface area contributed by atoms with Crippen molar-refractivity contribution in [3.05, 3.63) is 29.8 Å². The Labute approximate surface area is 208 Å². The van der Waals surface area contributed by atoms with Crippen LogP contribution < -0.4 is 4.74 Å². The van der Waals surface area contributed by atoms with Gasteiger partial charge in [-0.3, -0.25) is 14.5 Å². The molecule has 2 saturated heterocycles. The maximum absolute atomic E-state index is 12.7. The molecule has 0 atom stereocenters. The molecule has 2 fully saturated rings. The Hall–Kier alpha value is -2.08. The van der Waals surface area contributed by atoms with Gasteiger partial charge in [0.25, 0.3) is 0 Å². The summed E-state index contributed by atoms with van der Waals surface area (Å²) < 4.78 is 5.81. The summed E-state index contributed by atoms with van der Waals surface area (Å²) in [7, 11) is 0. The minimum Gasteiger partial charge on any atom is -0.492 e. The van der Waals surface area contributed by atoms with Gasteiger partial charge < -0.3 is 14.5 Å². The van der Waals surface area contributed by atoms with Crippen molar-refractivity contribution < 1.29 is 14.3 Å². The van der Waals surface area contributed by atoms with Crippen LogP contribution in [0.1, 0.15) is 66.9 Å². The van der Waals surface area contributed by atoms with E-state index in [1.807, 2.05) is 35.8 Å². The number of carbonyl (C=O) groups is 2. The van der Waals surface area contributed by atoms with E-state index in [0.29, 0.717) is 25.1 Å². The van der Waals surface area contributed by atoms with E-state index >= 15 is 0 Å². The zero-order chi connectivity index (χ0) is 25.7. The maximum Gasteiger partial charge on any atom is 0.225 e. The van der Waals surface area contributed by atoms with Crippen molar-refractivity contribution in [1.29, 1.82) is 0 Å². The molecular formula is C28H49N3O3. The average molecular weight is 476 g/mol. The third kappa shape index (κ3) is 11.9. The fraction of sp³-hybridized carbons (Fsp3) is 0.714. The first-order valence-electron chi connectivity index (χ1n) is 13.0. The van der Waals surface area contributed by atoms with E-state index in [4.69, 9.17) is 4.74 Å². The lowest BCUT2D eigenvalue weighted by Gasteiger charge is -2.38. The highest BCUT2D eigenvalue weighted by molar-refractivity contribution is 5.80. The van der Waals surface area contributed by atoms with E-state index in [2.05, 4.69) is 51.7 Å². The summed E-state index contributed by atoms with van der Waals surface area (Å²) in [5.41, 5.74) is 1.73. The van der Waals surface area contributed by atoms with Gasteiger partial charge in [-0.25, -0.2) is 0 Å². The van der Waals surface area contributed by atoms with Gasteiger partial charge in [0.1, 0.15) is 12.4 Å². The molecule has 6 nitrogen and oxygen atoms in total. The predicted molar refractivity (Wildman–Crippen MR) is 141 cm³/mol. The molecule has 0 radical (unpaired) electrons. The number of aryl methyl sites for hydroxylation is 1. The van der Waals surface area contributed by atoms with Gasteiger partial charge in [-0.2, -0.15) is 0 Å². The number of nitrogens with zero attached hydrogens (tertiary/aromatic N) is 3. The van der Waals surface area contributed by atoms with E-state index < -0.39 is 0 Å². The van der Waals surface area contributed by atoms with Crippen LogP contribution in [0.5, 0.6) is 5.75 Å². The summed E-state index contributed by atoms with van der Waals surface area (Å²) in [4.78, 5) is 30.4. The number of carbonyl (C=O) groups excluding carboxylic acids is 2. The second-order valence-corrected chi connectivity index (χ2v) is 10.6. The van der Waals surface area contributed by atoms with Crippen LogP contribution in [0.2, 0.25) is 0 Å². The molecular weight excluding hydrogens is 426 g/mol. The fourth-order valence-corrected chi connectivity index (χ4v) is 3.82. The molecule has 0 saturated carbocycles. The van der Waals surface area contributed by atoms with E-state index in [0.717, 1.165) is 51.3 Å². The van der Waals surface area contributed by atoms with E-state index in [9.17, 15) is 9.59 Å². The molecule has 0 unspecified atom stereocenters. The predicted octanol–water partition coefficient (Wildman–Crippen LogP) is 4.86. The van der Waals surface area contributed by atoms with Crippen molar-refractivity contribution in [2.75, 3.05) is 52.4 Å². The van der Waals surface area contributed by atoms with Crippen LogP contribution in [0.25, 0.3) is 0 Å². The summed E-state index contributed by atoms with van der Waals surface area (Å²) >= 11 is 0. The Bertz CT molecular complexity index is 705. The molecule has 2 amide bonds. The van der Waals surface area contributed by atoms with Gasteiger partial charge in [-0.05, 0) is 37.3 Å². The lowest BCUT2D eigenvalue weighted by molar-refractivity contribution is -0.141.